The number of hydrogen-bond donors (Lipinski definition) is 2. The molecular weight excluding hydrogens is 602 g/mol. The largest absolute Gasteiger partial charge is 0.465 e. The summed E-state index contributed by atoms with van der Waals surface area (Å²) in [6.07, 6.45) is 0. The lowest BCUT2D eigenvalue weighted by Gasteiger charge is -2.18. The van der Waals surface area contributed by atoms with Crippen molar-refractivity contribution < 1.29 is 13.6 Å². The highest BCUT2D eigenvalue weighted by Gasteiger charge is 2.33. The van der Waals surface area contributed by atoms with Crippen LogP contribution in [-0.2, 0) is 4.57 Å². The first-order valence-electron chi connectivity index (χ1n) is 9.32. The normalized spacial score (nSPS) is 11.9. The van der Waals surface area contributed by atoms with Gasteiger partial charge in [0.25, 0.3) is 0 Å². The van der Waals surface area contributed by atoms with Crippen LogP contribution in [0, 0.1) is 0 Å². The fourth-order valence-electron chi connectivity index (χ4n) is 3.32. The lowest BCUT2D eigenvalue weighted by Crippen LogP contribution is -2.14. The number of hydrogen-bond acceptors (Lipinski definition) is 3. The minimum atomic E-state index is -3.85. The Hall–Kier alpha value is -1.89. The number of aromatic nitrogens is 2. The SMILES string of the molecule is O=P(Oc1cc2c(Cl)c(Br)ccc2[nH]1)(Oc1cc2c(Cl)c(Br)ccc2[nH]1)c1ccccc1. The van der Waals surface area contributed by atoms with Crippen LogP contribution in [0.15, 0.2) is 75.7 Å². The zero-order valence-electron chi connectivity index (χ0n) is 16.0. The van der Waals surface area contributed by atoms with Crippen LogP contribution in [0.1, 0.15) is 0 Å². The summed E-state index contributed by atoms with van der Waals surface area (Å²) in [7, 11) is -3.85. The van der Waals surface area contributed by atoms with E-state index in [0.717, 1.165) is 30.8 Å². The van der Waals surface area contributed by atoms with E-state index in [0.29, 0.717) is 15.3 Å². The Bertz CT molecular complexity index is 1430. The maximum atomic E-state index is 14.0. The summed E-state index contributed by atoms with van der Waals surface area (Å²) >= 11 is 19.6. The molecule has 10 heteroatoms. The van der Waals surface area contributed by atoms with E-state index in [2.05, 4.69) is 41.8 Å². The molecule has 0 atom stereocenters. The summed E-state index contributed by atoms with van der Waals surface area (Å²) in [5.74, 6) is 0.535. The van der Waals surface area contributed by atoms with Gasteiger partial charge in [-0.05, 0) is 68.3 Å². The molecule has 0 bridgehead atoms. The second-order valence-electron chi connectivity index (χ2n) is 6.93. The third-order valence-corrected chi connectivity index (χ3v) is 9.24. The molecule has 0 saturated carbocycles. The molecule has 162 valence electrons. The molecule has 0 aliphatic carbocycles. The molecule has 5 nitrogen and oxygen atoms in total. The number of halogens is 4. The van der Waals surface area contributed by atoms with Gasteiger partial charge in [0, 0.05) is 42.9 Å². The molecule has 0 spiro atoms. The predicted molar refractivity (Wildman–Crippen MR) is 137 cm³/mol. The number of fused-ring (bicyclic) bond motifs is 2. The van der Waals surface area contributed by atoms with E-state index in [9.17, 15) is 4.57 Å². The Balaban J connectivity index is 1.57. The molecular formula is C22H13Br2Cl2N2O3P. The maximum absolute atomic E-state index is 14.0. The number of H-pyrrole nitrogens is 2. The monoisotopic (exact) mass is 612 g/mol. The van der Waals surface area contributed by atoms with Gasteiger partial charge in [-0.2, -0.15) is 0 Å². The lowest BCUT2D eigenvalue weighted by molar-refractivity contribution is 0.390. The number of nitrogens with one attached hydrogen (secondary N) is 2. The molecule has 0 saturated heterocycles. The van der Waals surface area contributed by atoms with Gasteiger partial charge >= 0.3 is 7.60 Å². The second-order valence-corrected chi connectivity index (χ2v) is 11.3. The summed E-state index contributed by atoms with van der Waals surface area (Å²) in [5, 5.41) is 2.92. The average Bonchev–Trinajstić information content (AvgIpc) is 3.38. The number of rotatable bonds is 5. The molecule has 0 amide bonds. The van der Waals surface area contributed by atoms with Crippen molar-refractivity contribution in [1.82, 2.24) is 9.97 Å². The zero-order valence-corrected chi connectivity index (χ0v) is 21.6. The Labute approximate surface area is 209 Å². The number of aromatic amines is 2. The van der Waals surface area contributed by atoms with Gasteiger partial charge in [0.1, 0.15) is 0 Å². The fourth-order valence-corrected chi connectivity index (χ4v) is 5.95. The van der Waals surface area contributed by atoms with Crippen LogP contribution < -0.4 is 14.4 Å². The highest BCUT2D eigenvalue weighted by atomic mass is 79.9. The predicted octanol–water partition coefficient (Wildman–Crippen LogP) is 8.46. The maximum Gasteiger partial charge on any atom is 0.465 e. The molecule has 0 fully saturated rings. The van der Waals surface area contributed by atoms with Gasteiger partial charge in [-0.1, -0.05) is 41.4 Å². The van der Waals surface area contributed by atoms with E-state index in [1.807, 2.05) is 30.3 Å². The van der Waals surface area contributed by atoms with E-state index in [4.69, 9.17) is 32.2 Å². The first-order valence-corrected chi connectivity index (χ1v) is 13.2. The van der Waals surface area contributed by atoms with Crippen LogP contribution in [0.2, 0.25) is 10.0 Å². The Morgan fingerprint density at radius 1 is 0.719 bits per heavy atom. The summed E-state index contributed by atoms with van der Waals surface area (Å²) < 4.78 is 27.5. The molecule has 0 aliphatic heterocycles. The van der Waals surface area contributed by atoms with Crippen molar-refractivity contribution in [2.24, 2.45) is 0 Å². The quantitative estimate of drug-likeness (QED) is 0.195. The van der Waals surface area contributed by atoms with Crippen molar-refractivity contribution in [1.29, 1.82) is 0 Å². The third kappa shape index (κ3) is 3.97. The molecule has 2 N–H and O–H groups in total. The van der Waals surface area contributed by atoms with Gasteiger partial charge in [0.15, 0.2) is 0 Å². The Morgan fingerprint density at radius 3 is 1.66 bits per heavy atom. The van der Waals surface area contributed by atoms with Gasteiger partial charge in [-0.15, -0.1) is 0 Å². The van der Waals surface area contributed by atoms with Crippen molar-refractivity contribution in [2.75, 3.05) is 0 Å². The van der Waals surface area contributed by atoms with Crippen LogP contribution in [-0.4, -0.2) is 9.97 Å². The van der Waals surface area contributed by atoms with Crippen LogP contribution in [0.25, 0.3) is 21.8 Å². The average molecular weight is 615 g/mol. The molecule has 0 aliphatic rings. The Kier molecular flexibility index (Phi) is 5.81. The molecule has 0 unspecified atom stereocenters. The molecule has 5 rings (SSSR count). The zero-order chi connectivity index (χ0) is 22.5. The van der Waals surface area contributed by atoms with Crippen LogP contribution in [0.5, 0.6) is 11.8 Å². The van der Waals surface area contributed by atoms with E-state index < -0.39 is 7.60 Å². The van der Waals surface area contributed by atoms with Crippen molar-refractivity contribution in [3.8, 4) is 11.8 Å². The highest BCUT2D eigenvalue weighted by molar-refractivity contribution is 9.10. The van der Waals surface area contributed by atoms with Crippen molar-refractivity contribution in [3.63, 3.8) is 0 Å². The minimum Gasteiger partial charge on any atom is -0.396 e. The lowest BCUT2D eigenvalue weighted by atomic mass is 10.2. The van der Waals surface area contributed by atoms with Crippen molar-refractivity contribution in [2.45, 2.75) is 0 Å². The van der Waals surface area contributed by atoms with Gasteiger partial charge < -0.3 is 19.0 Å². The van der Waals surface area contributed by atoms with Crippen LogP contribution in [0.3, 0.4) is 0 Å². The summed E-state index contributed by atoms with van der Waals surface area (Å²) in [5.41, 5.74) is 1.49. The van der Waals surface area contributed by atoms with Crippen LogP contribution in [0.4, 0.5) is 0 Å². The summed E-state index contributed by atoms with van der Waals surface area (Å²) in [6.45, 7) is 0. The first-order chi connectivity index (χ1) is 15.3. The molecule has 0 radical (unpaired) electrons. The molecule has 5 aromatic rings. The fraction of sp³-hybridized carbons (Fsp3) is 0. The van der Waals surface area contributed by atoms with Gasteiger partial charge in [-0.3, -0.25) is 0 Å². The molecule has 2 aromatic heterocycles. The van der Waals surface area contributed by atoms with Crippen molar-refractivity contribution in [3.05, 3.63) is 85.7 Å². The molecule has 32 heavy (non-hydrogen) atoms. The van der Waals surface area contributed by atoms with E-state index in [1.54, 1.807) is 36.4 Å². The topological polar surface area (TPSA) is 67.1 Å². The van der Waals surface area contributed by atoms with Crippen molar-refractivity contribution >= 4 is 89.8 Å². The van der Waals surface area contributed by atoms with Crippen LogP contribution >= 0.6 is 62.7 Å². The standard InChI is InChI=1S/C22H13Br2Cl2N2O3P/c23-15-6-8-17-13(21(15)25)10-19(27-17)30-32(29,12-4-2-1-3-5-12)31-20-11-14-18(28-20)9-7-16(24)22(14)26/h1-11,27-28H. The van der Waals surface area contributed by atoms with Gasteiger partial charge in [0.05, 0.1) is 15.3 Å². The van der Waals surface area contributed by atoms with E-state index in [-0.39, 0.29) is 11.8 Å². The first kappa shape index (κ1) is 21.9. The summed E-state index contributed by atoms with van der Waals surface area (Å²) in [4.78, 5) is 6.20. The van der Waals surface area contributed by atoms with E-state index in [1.165, 1.54) is 0 Å². The van der Waals surface area contributed by atoms with E-state index >= 15 is 0 Å². The highest BCUT2D eigenvalue weighted by Crippen LogP contribution is 2.49. The molecule has 2 heterocycles. The minimum absolute atomic E-state index is 0.268. The third-order valence-electron chi connectivity index (χ3n) is 4.84. The smallest absolute Gasteiger partial charge is 0.396 e. The number of benzene rings is 3. The Morgan fingerprint density at radius 2 is 1.19 bits per heavy atom. The summed E-state index contributed by atoms with van der Waals surface area (Å²) in [6, 6.07) is 19.5. The molecule has 3 aromatic carbocycles. The van der Waals surface area contributed by atoms with Gasteiger partial charge in [-0.25, -0.2) is 4.57 Å². The second kappa shape index (κ2) is 8.47. The van der Waals surface area contributed by atoms with Gasteiger partial charge in [0.2, 0.25) is 11.8 Å².